The van der Waals surface area contributed by atoms with E-state index in [1.165, 1.54) is 5.56 Å². The van der Waals surface area contributed by atoms with Gasteiger partial charge in [-0.3, -0.25) is 4.79 Å². The van der Waals surface area contributed by atoms with E-state index < -0.39 is 0 Å². The van der Waals surface area contributed by atoms with E-state index >= 15 is 0 Å². The monoisotopic (exact) mass is 327 g/mol. The molecule has 5 heteroatoms. The van der Waals surface area contributed by atoms with Crippen molar-refractivity contribution in [1.82, 2.24) is 5.32 Å². The Bertz CT molecular complexity index is 697. The van der Waals surface area contributed by atoms with Crippen molar-refractivity contribution < 1.29 is 19.0 Å². The first-order chi connectivity index (χ1) is 11.7. The first-order valence-corrected chi connectivity index (χ1v) is 8.10. The summed E-state index contributed by atoms with van der Waals surface area (Å²) in [4.78, 5) is 12.1. The first kappa shape index (κ1) is 16.2. The average molecular weight is 327 g/mol. The maximum atomic E-state index is 12.1. The molecule has 0 bridgehead atoms. The van der Waals surface area contributed by atoms with Gasteiger partial charge in [-0.05, 0) is 50.1 Å². The van der Waals surface area contributed by atoms with Crippen LogP contribution < -0.4 is 19.5 Å². The van der Waals surface area contributed by atoms with Crippen molar-refractivity contribution in [2.45, 2.75) is 19.8 Å². The lowest BCUT2D eigenvalue weighted by Gasteiger charge is -2.08. The number of carbonyl (C=O) groups is 1. The van der Waals surface area contributed by atoms with E-state index in [0.29, 0.717) is 30.2 Å². The van der Waals surface area contributed by atoms with Crippen molar-refractivity contribution in [3.8, 4) is 17.2 Å². The normalized spacial score (nSPS) is 12.0. The highest BCUT2D eigenvalue weighted by Gasteiger charge is 2.15. The zero-order valence-corrected chi connectivity index (χ0v) is 13.7. The molecule has 0 aromatic heterocycles. The molecule has 1 amide bonds. The lowest BCUT2D eigenvalue weighted by molar-refractivity contribution is 0.0952. The number of hydrogen-bond donors (Lipinski definition) is 1. The lowest BCUT2D eigenvalue weighted by Crippen LogP contribution is -2.24. The van der Waals surface area contributed by atoms with Gasteiger partial charge in [0.1, 0.15) is 5.75 Å². The predicted octanol–water partition coefficient (Wildman–Crippen LogP) is 3.31. The molecule has 0 unspecified atom stereocenters. The zero-order chi connectivity index (χ0) is 16.8. The van der Waals surface area contributed by atoms with E-state index in [9.17, 15) is 4.79 Å². The van der Waals surface area contributed by atoms with Crippen molar-refractivity contribution >= 4 is 5.91 Å². The van der Waals surface area contributed by atoms with Crippen molar-refractivity contribution in [2.75, 3.05) is 19.9 Å². The van der Waals surface area contributed by atoms with Gasteiger partial charge in [0.2, 0.25) is 6.79 Å². The van der Waals surface area contributed by atoms with E-state index in [-0.39, 0.29) is 12.7 Å². The second kappa shape index (κ2) is 7.73. The van der Waals surface area contributed by atoms with Crippen LogP contribution in [0.1, 0.15) is 28.8 Å². The van der Waals surface area contributed by atoms with Crippen LogP contribution in [0.5, 0.6) is 17.2 Å². The van der Waals surface area contributed by atoms with Gasteiger partial charge in [0.15, 0.2) is 11.5 Å². The van der Waals surface area contributed by atoms with Gasteiger partial charge in [0.25, 0.3) is 5.91 Å². The zero-order valence-electron chi connectivity index (χ0n) is 13.7. The molecule has 2 aromatic rings. The number of hydrogen-bond acceptors (Lipinski definition) is 4. The Morgan fingerprint density at radius 3 is 2.71 bits per heavy atom. The molecular formula is C19H21NO4. The lowest BCUT2D eigenvalue weighted by atomic mass is 10.2. The number of unbranched alkanes of at least 4 members (excludes halogenated alkanes) is 1. The fraction of sp³-hybridized carbons (Fsp3) is 0.316. The van der Waals surface area contributed by atoms with Gasteiger partial charge in [0.05, 0.1) is 6.61 Å². The van der Waals surface area contributed by atoms with Gasteiger partial charge < -0.3 is 19.5 Å². The maximum Gasteiger partial charge on any atom is 0.251 e. The molecule has 0 saturated carbocycles. The molecule has 0 fully saturated rings. The fourth-order valence-electron chi connectivity index (χ4n) is 2.39. The third-order valence-corrected chi connectivity index (χ3v) is 3.78. The number of nitrogens with one attached hydrogen (secondary N) is 1. The molecule has 1 heterocycles. The number of amides is 1. The molecule has 1 aliphatic heterocycles. The Balaban J connectivity index is 1.34. The van der Waals surface area contributed by atoms with Gasteiger partial charge >= 0.3 is 0 Å². The van der Waals surface area contributed by atoms with Crippen LogP contribution in [0.2, 0.25) is 0 Å². The van der Waals surface area contributed by atoms with Crippen molar-refractivity contribution in [1.29, 1.82) is 0 Å². The summed E-state index contributed by atoms with van der Waals surface area (Å²) >= 11 is 0. The SMILES string of the molecule is Cc1ccc(OCCCCNC(=O)c2ccc3c(c2)OCO3)cc1. The highest BCUT2D eigenvalue weighted by atomic mass is 16.7. The molecule has 3 rings (SSSR count). The number of benzene rings is 2. The number of aryl methyl sites for hydroxylation is 1. The summed E-state index contributed by atoms with van der Waals surface area (Å²) in [7, 11) is 0. The molecule has 24 heavy (non-hydrogen) atoms. The van der Waals surface area contributed by atoms with Crippen LogP contribution in [0.15, 0.2) is 42.5 Å². The van der Waals surface area contributed by atoms with E-state index in [2.05, 4.69) is 5.32 Å². The molecule has 0 atom stereocenters. The summed E-state index contributed by atoms with van der Waals surface area (Å²) < 4.78 is 16.2. The summed E-state index contributed by atoms with van der Waals surface area (Å²) in [6.45, 7) is 3.52. The van der Waals surface area contributed by atoms with E-state index in [1.807, 2.05) is 31.2 Å². The third kappa shape index (κ3) is 4.19. The van der Waals surface area contributed by atoms with Gasteiger partial charge in [-0.15, -0.1) is 0 Å². The Hall–Kier alpha value is -2.69. The summed E-state index contributed by atoms with van der Waals surface area (Å²) in [6, 6.07) is 13.2. The van der Waals surface area contributed by atoms with Gasteiger partial charge in [-0.1, -0.05) is 17.7 Å². The molecule has 5 nitrogen and oxygen atoms in total. The third-order valence-electron chi connectivity index (χ3n) is 3.78. The number of carbonyl (C=O) groups excluding carboxylic acids is 1. The van der Waals surface area contributed by atoms with Crippen LogP contribution in [0.25, 0.3) is 0 Å². The van der Waals surface area contributed by atoms with Crippen molar-refractivity contribution in [3.63, 3.8) is 0 Å². The smallest absolute Gasteiger partial charge is 0.251 e. The molecule has 1 N–H and O–H groups in total. The van der Waals surface area contributed by atoms with Crippen LogP contribution in [0.3, 0.4) is 0 Å². The second-order valence-corrected chi connectivity index (χ2v) is 5.69. The Kier molecular flexibility index (Phi) is 5.21. The molecule has 0 saturated heterocycles. The number of rotatable bonds is 7. The first-order valence-electron chi connectivity index (χ1n) is 8.10. The van der Waals surface area contributed by atoms with Gasteiger partial charge in [-0.25, -0.2) is 0 Å². The molecule has 0 aliphatic carbocycles. The molecular weight excluding hydrogens is 306 g/mol. The van der Waals surface area contributed by atoms with Crippen LogP contribution in [0, 0.1) is 6.92 Å². The minimum Gasteiger partial charge on any atom is -0.494 e. The highest BCUT2D eigenvalue weighted by Crippen LogP contribution is 2.32. The average Bonchev–Trinajstić information content (AvgIpc) is 3.07. The molecule has 1 aliphatic rings. The summed E-state index contributed by atoms with van der Waals surface area (Å²) in [6.07, 6.45) is 1.75. The summed E-state index contributed by atoms with van der Waals surface area (Å²) in [5.74, 6) is 2.08. The minimum absolute atomic E-state index is 0.104. The molecule has 0 spiro atoms. The molecule has 2 aromatic carbocycles. The Labute approximate surface area is 141 Å². The minimum atomic E-state index is -0.104. The second-order valence-electron chi connectivity index (χ2n) is 5.69. The van der Waals surface area contributed by atoms with E-state index in [1.54, 1.807) is 18.2 Å². The van der Waals surface area contributed by atoms with Gasteiger partial charge in [-0.2, -0.15) is 0 Å². The molecule has 0 radical (unpaired) electrons. The Morgan fingerprint density at radius 1 is 1.08 bits per heavy atom. The number of fused-ring (bicyclic) bond motifs is 1. The van der Waals surface area contributed by atoms with E-state index in [4.69, 9.17) is 14.2 Å². The van der Waals surface area contributed by atoms with Crippen LogP contribution in [-0.4, -0.2) is 25.9 Å². The largest absolute Gasteiger partial charge is 0.494 e. The predicted molar refractivity (Wildman–Crippen MR) is 90.8 cm³/mol. The quantitative estimate of drug-likeness (QED) is 0.793. The van der Waals surface area contributed by atoms with Gasteiger partial charge in [0, 0.05) is 12.1 Å². The summed E-state index contributed by atoms with van der Waals surface area (Å²) in [5, 5.41) is 2.91. The maximum absolute atomic E-state index is 12.1. The summed E-state index contributed by atoms with van der Waals surface area (Å²) in [5.41, 5.74) is 1.80. The van der Waals surface area contributed by atoms with Crippen LogP contribution in [-0.2, 0) is 0 Å². The van der Waals surface area contributed by atoms with E-state index in [0.717, 1.165) is 18.6 Å². The Morgan fingerprint density at radius 2 is 1.88 bits per heavy atom. The van der Waals surface area contributed by atoms with Crippen molar-refractivity contribution in [2.24, 2.45) is 0 Å². The highest BCUT2D eigenvalue weighted by molar-refractivity contribution is 5.94. The standard InChI is InChI=1S/C19H21NO4/c1-14-4-7-16(8-5-14)22-11-3-2-10-20-19(21)15-6-9-17-18(12-15)24-13-23-17/h4-9,12H,2-3,10-11,13H2,1H3,(H,20,21). The van der Waals surface area contributed by atoms with Crippen LogP contribution in [0.4, 0.5) is 0 Å². The fourth-order valence-corrected chi connectivity index (χ4v) is 2.39. The number of ether oxygens (including phenoxy) is 3. The topological polar surface area (TPSA) is 56.8 Å². The molecule has 126 valence electrons. The van der Waals surface area contributed by atoms with Crippen molar-refractivity contribution in [3.05, 3.63) is 53.6 Å². The van der Waals surface area contributed by atoms with Crippen LogP contribution >= 0.6 is 0 Å².